The molecule has 16 heavy (non-hydrogen) atoms. The van der Waals surface area contributed by atoms with Crippen molar-refractivity contribution in [1.82, 2.24) is 5.32 Å². The third-order valence-corrected chi connectivity index (χ3v) is 4.48. The molecule has 0 heterocycles. The topological polar surface area (TPSA) is 32.3 Å². The Morgan fingerprint density at radius 3 is 2.00 bits per heavy atom. The Balaban J connectivity index is 1.88. The highest BCUT2D eigenvalue weighted by molar-refractivity contribution is 4.93. The van der Waals surface area contributed by atoms with Crippen LogP contribution in [0.5, 0.6) is 0 Å². The first-order chi connectivity index (χ1) is 7.85. The molecule has 2 aliphatic rings. The minimum atomic E-state index is 0.0766. The summed E-state index contributed by atoms with van der Waals surface area (Å²) in [6, 6.07) is 0.674. The lowest BCUT2D eigenvalue weighted by Gasteiger charge is -2.39. The van der Waals surface area contributed by atoms with Crippen molar-refractivity contribution in [1.29, 1.82) is 0 Å². The first-order valence-electron chi connectivity index (χ1n) is 7.23. The molecule has 2 N–H and O–H groups in total. The summed E-state index contributed by atoms with van der Waals surface area (Å²) >= 11 is 0. The van der Waals surface area contributed by atoms with Gasteiger partial charge in [-0.2, -0.15) is 0 Å². The fraction of sp³-hybridized carbons (Fsp3) is 1.00. The van der Waals surface area contributed by atoms with Crippen LogP contribution in [0.25, 0.3) is 0 Å². The Hall–Kier alpha value is -0.0800. The van der Waals surface area contributed by atoms with Crippen LogP contribution in [0, 0.1) is 0 Å². The van der Waals surface area contributed by atoms with E-state index in [4.69, 9.17) is 0 Å². The van der Waals surface area contributed by atoms with E-state index in [1.165, 1.54) is 70.6 Å². The fourth-order valence-corrected chi connectivity index (χ4v) is 3.43. The molecule has 0 saturated heterocycles. The zero-order chi connectivity index (χ0) is 11.3. The number of hydrogen-bond acceptors (Lipinski definition) is 2. The second kappa shape index (κ2) is 6.02. The van der Waals surface area contributed by atoms with E-state index < -0.39 is 0 Å². The molecule has 2 heteroatoms. The van der Waals surface area contributed by atoms with E-state index in [0.717, 1.165) is 0 Å². The minimum absolute atomic E-state index is 0.0766. The summed E-state index contributed by atoms with van der Waals surface area (Å²) < 4.78 is 0. The summed E-state index contributed by atoms with van der Waals surface area (Å²) in [4.78, 5) is 0. The molecule has 0 bridgehead atoms. The normalized spacial score (nSPS) is 27.6. The van der Waals surface area contributed by atoms with Gasteiger partial charge in [0.05, 0.1) is 6.61 Å². The molecule has 0 unspecified atom stereocenters. The van der Waals surface area contributed by atoms with Gasteiger partial charge in [-0.25, -0.2) is 0 Å². The molecular formula is C14H27NO. The van der Waals surface area contributed by atoms with E-state index in [0.29, 0.717) is 12.6 Å². The van der Waals surface area contributed by atoms with E-state index in [1.54, 1.807) is 0 Å². The van der Waals surface area contributed by atoms with Crippen LogP contribution in [0.15, 0.2) is 0 Å². The molecular weight excluding hydrogens is 198 g/mol. The second-order valence-corrected chi connectivity index (χ2v) is 5.83. The summed E-state index contributed by atoms with van der Waals surface area (Å²) in [6.07, 6.45) is 14.5. The molecule has 2 aliphatic carbocycles. The molecule has 2 nitrogen and oxygen atoms in total. The molecule has 0 aromatic carbocycles. The van der Waals surface area contributed by atoms with Crippen molar-refractivity contribution < 1.29 is 5.11 Å². The van der Waals surface area contributed by atoms with Gasteiger partial charge in [0.25, 0.3) is 0 Å². The van der Waals surface area contributed by atoms with Gasteiger partial charge in [0.15, 0.2) is 0 Å². The monoisotopic (exact) mass is 225 g/mol. The van der Waals surface area contributed by atoms with Crippen molar-refractivity contribution in [2.45, 2.75) is 82.2 Å². The Morgan fingerprint density at radius 2 is 1.44 bits per heavy atom. The lowest BCUT2D eigenvalue weighted by atomic mass is 9.81. The lowest BCUT2D eigenvalue weighted by Crippen LogP contribution is -2.54. The SMILES string of the molecule is OCC1(NC2CCCCCC2)CCCCC1. The first-order valence-corrected chi connectivity index (χ1v) is 7.23. The molecule has 0 spiro atoms. The molecule has 0 aliphatic heterocycles. The van der Waals surface area contributed by atoms with Crippen LogP contribution in [0.3, 0.4) is 0 Å². The lowest BCUT2D eigenvalue weighted by molar-refractivity contribution is 0.105. The predicted molar refractivity (Wildman–Crippen MR) is 67.5 cm³/mol. The van der Waals surface area contributed by atoms with Crippen molar-refractivity contribution >= 4 is 0 Å². The summed E-state index contributed by atoms with van der Waals surface area (Å²) in [5, 5.41) is 13.5. The van der Waals surface area contributed by atoms with Crippen LogP contribution in [-0.4, -0.2) is 23.3 Å². The highest BCUT2D eigenvalue weighted by Gasteiger charge is 2.33. The molecule has 2 rings (SSSR count). The maximum atomic E-state index is 9.68. The fourth-order valence-electron chi connectivity index (χ4n) is 3.43. The second-order valence-electron chi connectivity index (χ2n) is 5.83. The maximum absolute atomic E-state index is 9.68. The largest absolute Gasteiger partial charge is 0.394 e. The van der Waals surface area contributed by atoms with Gasteiger partial charge in [-0.05, 0) is 25.7 Å². The average molecular weight is 225 g/mol. The van der Waals surface area contributed by atoms with E-state index in [1.807, 2.05) is 0 Å². The molecule has 94 valence electrons. The third kappa shape index (κ3) is 3.21. The van der Waals surface area contributed by atoms with E-state index in [2.05, 4.69) is 5.32 Å². The first kappa shape index (κ1) is 12.4. The zero-order valence-electron chi connectivity index (χ0n) is 10.5. The summed E-state index contributed by atoms with van der Waals surface area (Å²) in [5.74, 6) is 0. The van der Waals surface area contributed by atoms with Gasteiger partial charge in [0, 0.05) is 11.6 Å². The van der Waals surface area contributed by atoms with E-state index in [9.17, 15) is 5.11 Å². The van der Waals surface area contributed by atoms with Crippen molar-refractivity contribution in [3.8, 4) is 0 Å². The quantitative estimate of drug-likeness (QED) is 0.724. The van der Waals surface area contributed by atoms with Crippen molar-refractivity contribution in [2.24, 2.45) is 0 Å². The Morgan fingerprint density at radius 1 is 0.875 bits per heavy atom. The standard InChI is InChI=1S/C14H27NO/c16-12-14(10-6-3-7-11-14)15-13-8-4-1-2-5-9-13/h13,15-16H,1-12H2. The van der Waals surface area contributed by atoms with E-state index >= 15 is 0 Å². The summed E-state index contributed by atoms with van der Waals surface area (Å²) in [7, 11) is 0. The van der Waals surface area contributed by atoms with Crippen LogP contribution in [-0.2, 0) is 0 Å². The Kier molecular flexibility index (Phi) is 4.66. The highest BCUT2D eigenvalue weighted by Crippen LogP contribution is 2.30. The Labute approximate surface area is 99.8 Å². The third-order valence-electron chi connectivity index (χ3n) is 4.48. The average Bonchev–Trinajstić information content (AvgIpc) is 2.59. The maximum Gasteiger partial charge on any atom is 0.0613 e. The van der Waals surface area contributed by atoms with Crippen LogP contribution in [0.1, 0.15) is 70.6 Å². The van der Waals surface area contributed by atoms with Gasteiger partial charge in [-0.15, -0.1) is 0 Å². The van der Waals surface area contributed by atoms with Crippen LogP contribution < -0.4 is 5.32 Å². The van der Waals surface area contributed by atoms with Crippen molar-refractivity contribution in [3.05, 3.63) is 0 Å². The number of nitrogens with one attached hydrogen (secondary N) is 1. The molecule has 0 radical (unpaired) electrons. The predicted octanol–water partition coefficient (Wildman–Crippen LogP) is 2.99. The summed E-state index contributed by atoms with van der Waals surface area (Å²) in [6.45, 7) is 0.337. The van der Waals surface area contributed by atoms with Crippen molar-refractivity contribution in [3.63, 3.8) is 0 Å². The van der Waals surface area contributed by atoms with Crippen molar-refractivity contribution in [2.75, 3.05) is 6.61 Å². The van der Waals surface area contributed by atoms with Gasteiger partial charge in [0.1, 0.15) is 0 Å². The molecule has 2 saturated carbocycles. The number of aliphatic hydroxyl groups excluding tert-OH is 1. The summed E-state index contributed by atoms with van der Waals surface area (Å²) in [5.41, 5.74) is 0.0766. The number of rotatable bonds is 3. The smallest absolute Gasteiger partial charge is 0.0613 e. The number of hydrogen-bond donors (Lipinski definition) is 2. The van der Waals surface area contributed by atoms with Gasteiger partial charge >= 0.3 is 0 Å². The molecule has 0 atom stereocenters. The molecule has 0 aromatic rings. The van der Waals surface area contributed by atoms with Gasteiger partial charge in [0.2, 0.25) is 0 Å². The minimum Gasteiger partial charge on any atom is -0.394 e. The van der Waals surface area contributed by atoms with Crippen LogP contribution in [0.2, 0.25) is 0 Å². The zero-order valence-corrected chi connectivity index (χ0v) is 10.5. The van der Waals surface area contributed by atoms with Gasteiger partial charge in [-0.1, -0.05) is 44.9 Å². The molecule has 0 aromatic heterocycles. The van der Waals surface area contributed by atoms with Crippen LogP contribution in [0.4, 0.5) is 0 Å². The molecule has 0 amide bonds. The molecule has 2 fully saturated rings. The van der Waals surface area contributed by atoms with Crippen LogP contribution >= 0.6 is 0 Å². The highest BCUT2D eigenvalue weighted by atomic mass is 16.3. The number of aliphatic hydroxyl groups is 1. The van der Waals surface area contributed by atoms with Gasteiger partial charge in [-0.3, -0.25) is 0 Å². The Bertz CT molecular complexity index is 191. The van der Waals surface area contributed by atoms with E-state index in [-0.39, 0.29) is 5.54 Å². The van der Waals surface area contributed by atoms with Gasteiger partial charge < -0.3 is 10.4 Å².